The number of carbonyl (C=O) groups is 1. The van der Waals surface area contributed by atoms with E-state index in [0.717, 1.165) is 31.7 Å². The first-order valence-electron chi connectivity index (χ1n) is 7.11. The van der Waals surface area contributed by atoms with Gasteiger partial charge < -0.3 is 16.0 Å². The zero-order valence-electron chi connectivity index (χ0n) is 11.5. The topological polar surface area (TPSA) is 53.2 Å². The van der Waals surface area contributed by atoms with Gasteiger partial charge in [0.25, 0.3) is 0 Å². The van der Waals surface area contributed by atoms with E-state index in [-0.39, 0.29) is 5.91 Å². The molecule has 0 aromatic heterocycles. The van der Waals surface area contributed by atoms with Gasteiger partial charge in [-0.15, -0.1) is 0 Å². The van der Waals surface area contributed by atoms with Gasteiger partial charge in [-0.3, -0.25) is 4.79 Å². The van der Waals surface area contributed by atoms with Gasteiger partial charge in [-0.1, -0.05) is 19.1 Å². The average Bonchev–Trinajstić information content (AvgIpc) is 2.89. The molecule has 1 aromatic carbocycles. The largest absolute Gasteiger partial charge is 0.326 e. The van der Waals surface area contributed by atoms with Crippen LogP contribution in [0.4, 0.5) is 5.69 Å². The molecule has 1 aromatic rings. The minimum absolute atomic E-state index is 0.0972. The molecule has 4 nitrogen and oxygen atoms in total. The molecule has 0 bridgehead atoms. The monoisotopic (exact) mass is 261 g/mol. The zero-order chi connectivity index (χ0) is 13.5. The van der Waals surface area contributed by atoms with Crippen LogP contribution >= 0.6 is 0 Å². The number of benzene rings is 1. The first-order valence-corrected chi connectivity index (χ1v) is 7.11. The van der Waals surface area contributed by atoms with E-state index in [1.54, 1.807) is 0 Å². The summed E-state index contributed by atoms with van der Waals surface area (Å²) in [5.41, 5.74) is 2.08. The van der Waals surface area contributed by atoms with Gasteiger partial charge in [0.1, 0.15) is 0 Å². The second-order valence-electron chi connectivity index (χ2n) is 5.03. The zero-order valence-corrected chi connectivity index (χ0v) is 11.5. The average molecular weight is 261 g/mol. The minimum atomic E-state index is 0.0972. The van der Waals surface area contributed by atoms with Crippen LogP contribution in [0.5, 0.6) is 0 Å². The molecule has 4 heteroatoms. The third-order valence-electron chi connectivity index (χ3n) is 3.38. The minimum Gasteiger partial charge on any atom is -0.326 e. The van der Waals surface area contributed by atoms with E-state index in [1.165, 1.54) is 12.0 Å². The number of nitrogens with one attached hydrogen (secondary N) is 3. The van der Waals surface area contributed by atoms with Crippen LogP contribution in [-0.4, -0.2) is 25.0 Å². The van der Waals surface area contributed by atoms with Gasteiger partial charge in [0.15, 0.2) is 0 Å². The number of amides is 1. The number of hydrogen-bond donors (Lipinski definition) is 3. The maximum atomic E-state index is 11.9. The SMILES string of the molecule is CCNCc1cccc(NC(=O)CC2CCCN2)c1. The summed E-state index contributed by atoms with van der Waals surface area (Å²) in [5, 5.41) is 9.60. The molecule has 0 radical (unpaired) electrons. The van der Waals surface area contributed by atoms with Crippen LogP contribution in [0.1, 0.15) is 31.7 Å². The molecule has 0 spiro atoms. The fourth-order valence-corrected chi connectivity index (χ4v) is 2.40. The van der Waals surface area contributed by atoms with Crippen LogP contribution in [-0.2, 0) is 11.3 Å². The quantitative estimate of drug-likeness (QED) is 0.733. The van der Waals surface area contributed by atoms with E-state index in [2.05, 4.69) is 28.9 Å². The lowest BCUT2D eigenvalue weighted by Crippen LogP contribution is -2.27. The summed E-state index contributed by atoms with van der Waals surface area (Å²) >= 11 is 0. The Morgan fingerprint density at radius 2 is 2.37 bits per heavy atom. The van der Waals surface area contributed by atoms with E-state index >= 15 is 0 Å². The highest BCUT2D eigenvalue weighted by Gasteiger charge is 2.17. The summed E-state index contributed by atoms with van der Waals surface area (Å²) < 4.78 is 0. The number of anilines is 1. The van der Waals surface area contributed by atoms with Crippen LogP contribution in [0, 0.1) is 0 Å². The molecule has 2 rings (SSSR count). The number of rotatable bonds is 6. The van der Waals surface area contributed by atoms with E-state index < -0.39 is 0 Å². The van der Waals surface area contributed by atoms with Gasteiger partial charge in [0, 0.05) is 24.7 Å². The van der Waals surface area contributed by atoms with Gasteiger partial charge in [-0.05, 0) is 43.6 Å². The third-order valence-corrected chi connectivity index (χ3v) is 3.38. The fourth-order valence-electron chi connectivity index (χ4n) is 2.40. The lowest BCUT2D eigenvalue weighted by atomic mass is 10.1. The Hall–Kier alpha value is -1.39. The highest BCUT2D eigenvalue weighted by molar-refractivity contribution is 5.91. The van der Waals surface area contributed by atoms with Gasteiger partial charge in [0.2, 0.25) is 5.91 Å². The van der Waals surface area contributed by atoms with Crippen molar-refractivity contribution in [1.82, 2.24) is 10.6 Å². The summed E-state index contributed by atoms with van der Waals surface area (Å²) in [6.07, 6.45) is 2.85. The maximum absolute atomic E-state index is 11.9. The standard InChI is InChI=1S/C15H23N3O/c1-2-16-11-12-5-3-6-14(9-12)18-15(19)10-13-7-4-8-17-13/h3,5-6,9,13,16-17H,2,4,7-8,10-11H2,1H3,(H,18,19). The molecule has 1 heterocycles. The van der Waals surface area contributed by atoms with Crippen molar-refractivity contribution in [2.75, 3.05) is 18.4 Å². The van der Waals surface area contributed by atoms with Crippen LogP contribution in [0.3, 0.4) is 0 Å². The van der Waals surface area contributed by atoms with E-state index in [4.69, 9.17) is 0 Å². The van der Waals surface area contributed by atoms with Crippen LogP contribution in [0.25, 0.3) is 0 Å². The normalized spacial score (nSPS) is 18.5. The van der Waals surface area contributed by atoms with Gasteiger partial charge >= 0.3 is 0 Å². The van der Waals surface area contributed by atoms with Crippen molar-refractivity contribution in [3.05, 3.63) is 29.8 Å². The molecule has 1 aliphatic heterocycles. The van der Waals surface area contributed by atoms with Crippen molar-refractivity contribution < 1.29 is 4.79 Å². The molecule has 3 N–H and O–H groups in total. The van der Waals surface area contributed by atoms with E-state index in [1.807, 2.05) is 18.2 Å². The van der Waals surface area contributed by atoms with Gasteiger partial charge in [-0.2, -0.15) is 0 Å². The van der Waals surface area contributed by atoms with Crippen molar-refractivity contribution in [2.24, 2.45) is 0 Å². The van der Waals surface area contributed by atoms with Crippen molar-refractivity contribution in [1.29, 1.82) is 0 Å². The van der Waals surface area contributed by atoms with Crippen molar-refractivity contribution in [3.63, 3.8) is 0 Å². The summed E-state index contributed by atoms with van der Waals surface area (Å²) in [6.45, 7) is 4.91. The number of carbonyl (C=O) groups excluding carboxylic acids is 1. The van der Waals surface area contributed by atoms with Crippen LogP contribution in [0.15, 0.2) is 24.3 Å². The Bertz CT molecular complexity index is 414. The Morgan fingerprint density at radius 1 is 1.47 bits per heavy atom. The Morgan fingerprint density at radius 3 is 3.11 bits per heavy atom. The molecule has 0 saturated carbocycles. The van der Waals surface area contributed by atoms with E-state index in [9.17, 15) is 4.79 Å². The van der Waals surface area contributed by atoms with Gasteiger partial charge in [-0.25, -0.2) is 0 Å². The summed E-state index contributed by atoms with van der Waals surface area (Å²) in [6, 6.07) is 8.37. The Balaban J connectivity index is 1.85. The molecule has 0 aliphatic carbocycles. The molecule has 1 saturated heterocycles. The van der Waals surface area contributed by atoms with Crippen LogP contribution in [0.2, 0.25) is 0 Å². The lowest BCUT2D eigenvalue weighted by Gasteiger charge is -2.11. The number of hydrogen-bond acceptors (Lipinski definition) is 3. The predicted octanol–water partition coefficient (Wildman–Crippen LogP) is 1.88. The summed E-state index contributed by atoms with van der Waals surface area (Å²) in [4.78, 5) is 11.9. The smallest absolute Gasteiger partial charge is 0.225 e. The van der Waals surface area contributed by atoms with Crippen molar-refractivity contribution in [2.45, 2.75) is 38.8 Å². The summed E-state index contributed by atoms with van der Waals surface area (Å²) in [7, 11) is 0. The molecular weight excluding hydrogens is 238 g/mol. The molecule has 1 atom stereocenters. The lowest BCUT2D eigenvalue weighted by molar-refractivity contribution is -0.116. The Kier molecular flexibility index (Phi) is 5.36. The first kappa shape index (κ1) is 14.0. The second-order valence-corrected chi connectivity index (χ2v) is 5.03. The summed E-state index contributed by atoms with van der Waals surface area (Å²) in [5.74, 6) is 0.0972. The highest BCUT2D eigenvalue weighted by Crippen LogP contribution is 2.13. The molecule has 1 unspecified atom stereocenters. The third kappa shape index (κ3) is 4.65. The molecule has 1 aliphatic rings. The Labute approximate surface area is 115 Å². The van der Waals surface area contributed by atoms with Crippen molar-refractivity contribution >= 4 is 11.6 Å². The molecule has 104 valence electrons. The molecule has 1 amide bonds. The predicted molar refractivity (Wildman–Crippen MR) is 78.1 cm³/mol. The first-order chi connectivity index (χ1) is 9.28. The van der Waals surface area contributed by atoms with E-state index in [0.29, 0.717) is 12.5 Å². The molecule has 19 heavy (non-hydrogen) atoms. The fraction of sp³-hybridized carbons (Fsp3) is 0.533. The van der Waals surface area contributed by atoms with Crippen LogP contribution < -0.4 is 16.0 Å². The molecule has 1 fully saturated rings. The molecular formula is C15H23N3O. The second kappa shape index (κ2) is 7.26. The van der Waals surface area contributed by atoms with Crippen molar-refractivity contribution in [3.8, 4) is 0 Å². The maximum Gasteiger partial charge on any atom is 0.225 e. The highest BCUT2D eigenvalue weighted by atomic mass is 16.1. The van der Waals surface area contributed by atoms with Gasteiger partial charge in [0.05, 0.1) is 0 Å².